The minimum atomic E-state index is -4.68. The lowest BCUT2D eigenvalue weighted by Gasteiger charge is -2.21. The number of nitrogens with zero attached hydrogens (tertiary/aromatic N) is 2. The smallest absolute Gasteiger partial charge is 0.406 e. The largest absolute Gasteiger partial charge is 0.480 e. The highest BCUT2D eigenvalue weighted by Crippen LogP contribution is 2.19. The fourth-order valence-electron chi connectivity index (χ4n) is 1.25. The summed E-state index contributed by atoms with van der Waals surface area (Å²) in [5.41, 5.74) is -0.194. The van der Waals surface area contributed by atoms with Gasteiger partial charge in [0.05, 0.1) is 6.20 Å². The van der Waals surface area contributed by atoms with E-state index in [1.54, 1.807) is 0 Å². The van der Waals surface area contributed by atoms with Gasteiger partial charge >= 0.3 is 12.1 Å². The summed E-state index contributed by atoms with van der Waals surface area (Å²) in [6.45, 7) is -1.36. The number of aliphatic carboxylic acids is 1. The molecule has 0 atom stereocenters. The molecule has 1 amide bonds. The third-order valence-corrected chi connectivity index (χ3v) is 1.96. The molecule has 18 heavy (non-hydrogen) atoms. The maximum absolute atomic E-state index is 12.2. The summed E-state index contributed by atoms with van der Waals surface area (Å²) in [7, 11) is 0. The number of aryl methyl sites for hydroxylation is 1. The Morgan fingerprint density at radius 1 is 1.50 bits per heavy atom. The highest BCUT2D eigenvalue weighted by Gasteiger charge is 2.35. The van der Waals surface area contributed by atoms with Gasteiger partial charge in [-0.1, -0.05) is 5.16 Å². The minimum absolute atomic E-state index is 0.0255. The number of hydrogen-bond acceptors (Lipinski definition) is 4. The Morgan fingerprint density at radius 3 is 2.50 bits per heavy atom. The van der Waals surface area contributed by atoms with Crippen LogP contribution in [0.1, 0.15) is 16.1 Å². The van der Waals surface area contributed by atoms with Crippen LogP contribution in [0.5, 0.6) is 0 Å². The van der Waals surface area contributed by atoms with Crippen LogP contribution in [0.15, 0.2) is 10.7 Å². The Bertz CT molecular complexity index is 455. The van der Waals surface area contributed by atoms with Crippen molar-refractivity contribution in [3.05, 3.63) is 17.5 Å². The number of carboxylic acid groups (broad SMARTS) is 1. The Labute approximate surface area is 99.0 Å². The van der Waals surface area contributed by atoms with Gasteiger partial charge in [-0.25, -0.2) is 0 Å². The van der Waals surface area contributed by atoms with E-state index in [-0.39, 0.29) is 16.2 Å². The van der Waals surface area contributed by atoms with Gasteiger partial charge in [0, 0.05) is 0 Å². The van der Waals surface area contributed by atoms with Gasteiger partial charge in [0.2, 0.25) is 0 Å². The topological polar surface area (TPSA) is 83.6 Å². The second kappa shape index (κ2) is 5.07. The van der Waals surface area contributed by atoms with Gasteiger partial charge in [-0.2, -0.15) is 13.2 Å². The SMILES string of the molecule is Cc1oncc1C(=O)N(CC(=O)O)CC(F)(F)F. The van der Waals surface area contributed by atoms with Crippen molar-refractivity contribution >= 4 is 11.9 Å². The molecule has 0 fully saturated rings. The van der Waals surface area contributed by atoms with Gasteiger partial charge in [0.1, 0.15) is 24.4 Å². The average Bonchev–Trinajstić information content (AvgIpc) is 2.59. The molecule has 1 aromatic heterocycles. The third-order valence-electron chi connectivity index (χ3n) is 1.96. The Balaban J connectivity index is 2.93. The molecule has 1 N–H and O–H groups in total. The third kappa shape index (κ3) is 3.75. The molecule has 9 heteroatoms. The number of alkyl halides is 3. The van der Waals surface area contributed by atoms with Crippen LogP contribution in [0.4, 0.5) is 13.2 Å². The molecule has 0 spiro atoms. The van der Waals surface area contributed by atoms with E-state index in [1.807, 2.05) is 0 Å². The minimum Gasteiger partial charge on any atom is -0.480 e. The molecular formula is C9H9F3N2O4. The van der Waals surface area contributed by atoms with Gasteiger partial charge in [0.15, 0.2) is 0 Å². The van der Waals surface area contributed by atoms with Crippen LogP contribution < -0.4 is 0 Å². The maximum atomic E-state index is 12.2. The molecule has 0 radical (unpaired) electrons. The van der Waals surface area contributed by atoms with Crippen LogP contribution in [0.3, 0.4) is 0 Å². The fraction of sp³-hybridized carbons (Fsp3) is 0.444. The summed E-state index contributed by atoms with van der Waals surface area (Å²) < 4.78 is 41.2. The summed E-state index contributed by atoms with van der Waals surface area (Å²) in [6.07, 6.45) is -3.74. The number of carbonyl (C=O) groups is 2. The lowest BCUT2D eigenvalue weighted by atomic mass is 10.2. The molecule has 0 aliphatic heterocycles. The molecule has 1 rings (SSSR count). The molecule has 1 heterocycles. The predicted octanol–water partition coefficient (Wildman–Crippen LogP) is 1.07. The zero-order valence-corrected chi connectivity index (χ0v) is 9.19. The molecule has 0 aromatic carbocycles. The second-order valence-corrected chi connectivity index (χ2v) is 3.47. The number of hydrogen-bond donors (Lipinski definition) is 1. The van der Waals surface area contributed by atoms with Crippen molar-refractivity contribution in [2.75, 3.05) is 13.1 Å². The molecule has 0 saturated carbocycles. The highest BCUT2D eigenvalue weighted by molar-refractivity contribution is 5.96. The first-order valence-corrected chi connectivity index (χ1v) is 4.70. The van der Waals surface area contributed by atoms with E-state index < -0.39 is 31.1 Å². The van der Waals surface area contributed by atoms with E-state index in [9.17, 15) is 22.8 Å². The van der Waals surface area contributed by atoms with Gasteiger partial charge in [-0.05, 0) is 6.92 Å². The molecule has 1 aromatic rings. The first-order valence-electron chi connectivity index (χ1n) is 4.70. The summed E-state index contributed by atoms with van der Waals surface area (Å²) in [4.78, 5) is 22.3. The zero-order valence-electron chi connectivity index (χ0n) is 9.19. The van der Waals surface area contributed by atoms with E-state index in [4.69, 9.17) is 5.11 Å². The van der Waals surface area contributed by atoms with Crippen molar-refractivity contribution in [3.63, 3.8) is 0 Å². The van der Waals surface area contributed by atoms with E-state index in [0.717, 1.165) is 6.20 Å². The van der Waals surface area contributed by atoms with Gasteiger partial charge in [0.25, 0.3) is 5.91 Å². The fourth-order valence-corrected chi connectivity index (χ4v) is 1.25. The number of halogens is 3. The Hall–Kier alpha value is -2.06. The van der Waals surface area contributed by atoms with Gasteiger partial charge in [-0.3, -0.25) is 9.59 Å². The van der Waals surface area contributed by atoms with E-state index in [1.165, 1.54) is 6.92 Å². The molecule has 0 saturated heterocycles. The number of amides is 1. The summed E-state index contributed by atoms with van der Waals surface area (Å²) in [5, 5.41) is 11.7. The number of rotatable bonds is 4. The zero-order chi connectivity index (χ0) is 13.9. The first-order chi connectivity index (χ1) is 8.20. The van der Waals surface area contributed by atoms with Crippen LogP contribution in [-0.2, 0) is 4.79 Å². The van der Waals surface area contributed by atoms with Crippen LogP contribution in [0, 0.1) is 6.92 Å². The summed E-state index contributed by atoms with van der Waals surface area (Å²) >= 11 is 0. The standard InChI is InChI=1S/C9H9F3N2O4/c1-5-6(2-13-18-5)8(17)14(3-7(15)16)4-9(10,11)12/h2H,3-4H2,1H3,(H,15,16). The van der Waals surface area contributed by atoms with Gasteiger partial charge in [-0.15, -0.1) is 0 Å². The second-order valence-electron chi connectivity index (χ2n) is 3.47. The van der Waals surface area contributed by atoms with Crippen LogP contribution in [-0.4, -0.2) is 46.3 Å². The van der Waals surface area contributed by atoms with Crippen molar-refractivity contribution in [1.29, 1.82) is 0 Å². The van der Waals surface area contributed by atoms with Crippen molar-refractivity contribution < 1.29 is 32.4 Å². The van der Waals surface area contributed by atoms with Crippen LogP contribution >= 0.6 is 0 Å². The van der Waals surface area contributed by atoms with Crippen molar-refractivity contribution in [2.45, 2.75) is 13.1 Å². The Kier molecular flexibility index (Phi) is 3.94. The Morgan fingerprint density at radius 2 is 2.11 bits per heavy atom. The molecule has 0 unspecified atom stereocenters. The van der Waals surface area contributed by atoms with Crippen LogP contribution in [0.2, 0.25) is 0 Å². The van der Waals surface area contributed by atoms with E-state index in [2.05, 4.69) is 9.68 Å². The quantitative estimate of drug-likeness (QED) is 0.881. The van der Waals surface area contributed by atoms with E-state index in [0.29, 0.717) is 0 Å². The number of carboxylic acids is 1. The van der Waals surface area contributed by atoms with Gasteiger partial charge < -0.3 is 14.5 Å². The average molecular weight is 266 g/mol. The monoisotopic (exact) mass is 266 g/mol. The van der Waals surface area contributed by atoms with Crippen LogP contribution in [0.25, 0.3) is 0 Å². The normalized spacial score (nSPS) is 11.3. The van der Waals surface area contributed by atoms with Crippen molar-refractivity contribution in [3.8, 4) is 0 Å². The predicted molar refractivity (Wildman–Crippen MR) is 50.8 cm³/mol. The van der Waals surface area contributed by atoms with Crippen molar-refractivity contribution in [2.24, 2.45) is 0 Å². The molecule has 0 bridgehead atoms. The molecular weight excluding hydrogens is 257 g/mol. The lowest BCUT2D eigenvalue weighted by molar-refractivity contribution is -0.149. The highest BCUT2D eigenvalue weighted by atomic mass is 19.4. The first kappa shape index (κ1) is 14.0. The molecule has 6 nitrogen and oxygen atoms in total. The van der Waals surface area contributed by atoms with E-state index >= 15 is 0 Å². The summed E-state index contributed by atoms with van der Waals surface area (Å²) in [5.74, 6) is -2.60. The summed E-state index contributed by atoms with van der Waals surface area (Å²) in [6, 6.07) is 0. The molecule has 0 aliphatic rings. The molecule has 0 aliphatic carbocycles. The van der Waals surface area contributed by atoms with Crippen molar-refractivity contribution in [1.82, 2.24) is 10.1 Å². The number of carbonyl (C=O) groups excluding carboxylic acids is 1. The molecule has 100 valence electrons. The maximum Gasteiger partial charge on any atom is 0.406 e. The lowest BCUT2D eigenvalue weighted by Crippen LogP contribution is -2.42. The number of aromatic nitrogens is 1.